The number of amides is 1. The van der Waals surface area contributed by atoms with E-state index in [1.165, 1.54) is 12.3 Å². The Labute approximate surface area is 111 Å². The first-order valence-electron chi connectivity index (χ1n) is 6.22. The lowest BCUT2D eigenvalue weighted by atomic mass is 10.2. The lowest BCUT2D eigenvalue weighted by Crippen LogP contribution is -2.30. The zero-order chi connectivity index (χ0) is 13.7. The average molecular weight is 256 g/mol. The van der Waals surface area contributed by atoms with E-state index in [1.807, 2.05) is 37.3 Å². The Morgan fingerprint density at radius 2 is 1.89 bits per heavy atom. The zero-order valence-corrected chi connectivity index (χ0v) is 10.8. The van der Waals surface area contributed by atoms with Crippen LogP contribution in [0, 0.1) is 0 Å². The molecule has 1 aromatic heterocycles. The van der Waals surface area contributed by atoms with Crippen molar-refractivity contribution in [2.24, 2.45) is 0 Å². The minimum atomic E-state index is -0.206. The summed E-state index contributed by atoms with van der Waals surface area (Å²) < 4.78 is 0. The number of H-pyrrole nitrogens is 1. The number of carbonyl (C=O) groups is 1. The van der Waals surface area contributed by atoms with E-state index < -0.39 is 0 Å². The number of carbonyl (C=O) groups excluding carboxylic acids is 1. The summed E-state index contributed by atoms with van der Waals surface area (Å²) in [5.74, 6) is -0.0809. The SMILES string of the molecule is CCN(Cc1ccccc1)C(=O)c1ccc(=O)[nH]c1. The topological polar surface area (TPSA) is 53.2 Å². The van der Waals surface area contributed by atoms with Gasteiger partial charge in [0.2, 0.25) is 5.56 Å². The van der Waals surface area contributed by atoms with Crippen LogP contribution in [-0.4, -0.2) is 22.3 Å². The molecule has 0 atom stereocenters. The fourth-order valence-electron chi connectivity index (χ4n) is 1.86. The maximum Gasteiger partial charge on any atom is 0.255 e. The predicted molar refractivity (Wildman–Crippen MR) is 73.9 cm³/mol. The standard InChI is InChI=1S/C15H16N2O2/c1-2-17(11-12-6-4-3-5-7-12)15(19)13-8-9-14(18)16-10-13/h3-10H,2,11H2,1H3,(H,16,18). The van der Waals surface area contributed by atoms with Crippen molar-refractivity contribution < 1.29 is 4.79 Å². The number of pyridine rings is 1. The van der Waals surface area contributed by atoms with Crippen molar-refractivity contribution >= 4 is 5.91 Å². The first-order chi connectivity index (χ1) is 9.20. The molecule has 0 aliphatic heterocycles. The molecule has 0 fully saturated rings. The van der Waals surface area contributed by atoms with Crippen LogP contribution in [0.4, 0.5) is 0 Å². The maximum atomic E-state index is 12.3. The van der Waals surface area contributed by atoms with Gasteiger partial charge < -0.3 is 9.88 Å². The summed E-state index contributed by atoms with van der Waals surface area (Å²) in [5, 5.41) is 0. The summed E-state index contributed by atoms with van der Waals surface area (Å²) >= 11 is 0. The van der Waals surface area contributed by atoms with Crippen molar-refractivity contribution in [3.8, 4) is 0 Å². The molecule has 0 saturated heterocycles. The maximum absolute atomic E-state index is 12.3. The Kier molecular flexibility index (Phi) is 4.13. The van der Waals surface area contributed by atoms with Crippen LogP contribution in [0.1, 0.15) is 22.8 Å². The first kappa shape index (κ1) is 13.1. The van der Waals surface area contributed by atoms with Gasteiger partial charge in [-0.3, -0.25) is 9.59 Å². The molecule has 0 aliphatic carbocycles. The van der Waals surface area contributed by atoms with Gasteiger partial charge in [0, 0.05) is 25.4 Å². The highest BCUT2D eigenvalue weighted by Gasteiger charge is 2.14. The lowest BCUT2D eigenvalue weighted by Gasteiger charge is -2.20. The third-order valence-corrected chi connectivity index (χ3v) is 2.92. The minimum Gasteiger partial charge on any atom is -0.335 e. The molecule has 0 bridgehead atoms. The van der Waals surface area contributed by atoms with Gasteiger partial charge in [-0.1, -0.05) is 30.3 Å². The highest BCUT2D eigenvalue weighted by molar-refractivity contribution is 5.93. The van der Waals surface area contributed by atoms with Gasteiger partial charge in [0.1, 0.15) is 0 Å². The Morgan fingerprint density at radius 1 is 1.16 bits per heavy atom. The van der Waals surface area contributed by atoms with E-state index in [0.29, 0.717) is 18.7 Å². The third-order valence-electron chi connectivity index (χ3n) is 2.92. The van der Waals surface area contributed by atoms with Crippen LogP contribution < -0.4 is 5.56 Å². The number of nitrogens with zero attached hydrogens (tertiary/aromatic N) is 1. The summed E-state index contributed by atoms with van der Waals surface area (Å²) in [6.45, 7) is 3.12. The monoisotopic (exact) mass is 256 g/mol. The van der Waals surface area contributed by atoms with Gasteiger partial charge in [0.15, 0.2) is 0 Å². The molecule has 4 nitrogen and oxygen atoms in total. The van der Waals surface area contributed by atoms with Crippen LogP contribution in [0.3, 0.4) is 0 Å². The zero-order valence-electron chi connectivity index (χ0n) is 10.8. The number of nitrogens with one attached hydrogen (secondary N) is 1. The van der Waals surface area contributed by atoms with Gasteiger partial charge in [-0.05, 0) is 18.6 Å². The normalized spacial score (nSPS) is 10.2. The smallest absolute Gasteiger partial charge is 0.255 e. The molecule has 0 unspecified atom stereocenters. The van der Waals surface area contributed by atoms with E-state index in [0.717, 1.165) is 5.56 Å². The van der Waals surface area contributed by atoms with Gasteiger partial charge in [0.25, 0.3) is 5.91 Å². The first-order valence-corrected chi connectivity index (χ1v) is 6.22. The quantitative estimate of drug-likeness (QED) is 0.910. The average Bonchev–Trinajstić information content (AvgIpc) is 2.46. The van der Waals surface area contributed by atoms with E-state index in [2.05, 4.69) is 4.98 Å². The van der Waals surface area contributed by atoms with Crippen molar-refractivity contribution in [3.63, 3.8) is 0 Å². The second-order valence-electron chi connectivity index (χ2n) is 4.25. The van der Waals surface area contributed by atoms with Crippen LogP contribution in [0.2, 0.25) is 0 Å². The fraction of sp³-hybridized carbons (Fsp3) is 0.200. The molecule has 1 aromatic carbocycles. The second-order valence-corrected chi connectivity index (χ2v) is 4.25. The molecule has 0 aliphatic rings. The summed E-state index contributed by atoms with van der Waals surface area (Å²) in [6.07, 6.45) is 1.46. The molecule has 0 spiro atoms. The molecule has 4 heteroatoms. The Balaban J connectivity index is 2.15. The van der Waals surface area contributed by atoms with E-state index in [4.69, 9.17) is 0 Å². The van der Waals surface area contributed by atoms with Gasteiger partial charge in [-0.25, -0.2) is 0 Å². The number of hydrogen-bond donors (Lipinski definition) is 1. The number of benzene rings is 1. The van der Waals surface area contributed by atoms with Crippen LogP contribution in [0.15, 0.2) is 53.5 Å². The molecular weight excluding hydrogens is 240 g/mol. The molecule has 2 aromatic rings. The molecule has 98 valence electrons. The molecule has 1 heterocycles. The molecule has 1 amide bonds. The molecule has 2 rings (SSSR count). The second kappa shape index (κ2) is 6.00. The fourth-order valence-corrected chi connectivity index (χ4v) is 1.86. The van der Waals surface area contributed by atoms with Crippen molar-refractivity contribution in [1.82, 2.24) is 9.88 Å². The lowest BCUT2D eigenvalue weighted by molar-refractivity contribution is 0.0752. The molecule has 1 N–H and O–H groups in total. The van der Waals surface area contributed by atoms with Crippen LogP contribution in [0.25, 0.3) is 0 Å². The van der Waals surface area contributed by atoms with E-state index in [-0.39, 0.29) is 11.5 Å². The summed E-state index contributed by atoms with van der Waals surface area (Å²) in [4.78, 5) is 27.5. The van der Waals surface area contributed by atoms with Crippen molar-refractivity contribution in [2.45, 2.75) is 13.5 Å². The number of aromatic nitrogens is 1. The molecule has 0 saturated carbocycles. The molecule has 19 heavy (non-hydrogen) atoms. The Bertz CT molecular complexity index is 585. The number of hydrogen-bond acceptors (Lipinski definition) is 2. The largest absolute Gasteiger partial charge is 0.335 e. The van der Waals surface area contributed by atoms with Crippen LogP contribution >= 0.6 is 0 Å². The summed E-state index contributed by atoms with van der Waals surface area (Å²) in [6, 6.07) is 12.7. The molecular formula is C15H16N2O2. The highest BCUT2D eigenvalue weighted by Crippen LogP contribution is 2.08. The van der Waals surface area contributed by atoms with E-state index >= 15 is 0 Å². The van der Waals surface area contributed by atoms with E-state index in [1.54, 1.807) is 11.0 Å². The highest BCUT2D eigenvalue weighted by atomic mass is 16.2. The van der Waals surface area contributed by atoms with Crippen LogP contribution in [-0.2, 0) is 6.54 Å². The number of aromatic amines is 1. The van der Waals surface area contributed by atoms with E-state index in [9.17, 15) is 9.59 Å². The van der Waals surface area contributed by atoms with Gasteiger partial charge in [-0.15, -0.1) is 0 Å². The Hall–Kier alpha value is -2.36. The van der Waals surface area contributed by atoms with Gasteiger partial charge in [0.05, 0.1) is 5.56 Å². The van der Waals surface area contributed by atoms with Crippen molar-refractivity contribution in [2.75, 3.05) is 6.54 Å². The Morgan fingerprint density at radius 3 is 2.47 bits per heavy atom. The minimum absolute atomic E-state index is 0.0809. The van der Waals surface area contributed by atoms with Gasteiger partial charge >= 0.3 is 0 Å². The van der Waals surface area contributed by atoms with Crippen molar-refractivity contribution in [1.29, 1.82) is 0 Å². The summed E-state index contributed by atoms with van der Waals surface area (Å²) in [5.41, 5.74) is 1.38. The van der Waals surface area contributed by atoms with Crippen LogP contribution in [0.5, 0.6) is 0 Å². The summed E-state index contributed by atoms with van der Waals surface area (Å²) in [7, 11) is 0. The van der Waals surface area contributed by atoms with Crippen molar-refractivity contribution in [3.05, 3.63) is 70.1 Å². The molecule has 0 radical (unpaired) electrons. The van der Waals surface area contributed by atoms with Gasteiger partial charge in [-0.2, -0.15) is 0 Å². The number of rotatable bonds is 4. The predicted octanol–water partition coefficient (Wildman–Crippen LogP) is 2.04. The third kappa shape index (κ3) is 3.31.